The average molecular weight is 262 g/mol. The van der Waals surface area contributed by atoms with E-state index in [-0.39, 0.29) is 5.41 Å². The quantitative estimate of drug-likeness (QED) is 0.730. The number of phenolic OH excluding ortho intramolecular Hbond substituents is 1. The lowest BCUT2D eigenvalue weighted by atomic mass is 9.82. The van der Waals surface area contributed by atoms with Gasteiger partial charge in [0, 0.05) is 0 Å². The van der Waals surface area contributed by atoms with Crippen LogP contribution < -0.4 is 0 Å². The lowest BCUT2D eigenvalue weighted by molar-refractivity contribution is 0.438. The summed E-state index contributed by atoms with van der Waals surface area (Å²) >= 11 is 0. The van der Waals surface area contributed by atoms with Gasteiger partial charge < -0.3 is 5.11 Å². The zero-order valence-corrected chi connectivity index (χ0v) is 13.3. The molecule has 0 unspecified atom stereocenters. The second kappa shape index (κ2) is 6.98. The van der Waals surface area contributed by atoms with Gasteiger partial charge in [0.1, 0.15) is 5.75 Å². The molecule has 0 heterocycles. The Bertz CT molecular complexity index is 399. The Kier molecular flexibility index (Phi) is 5.90. The molecule has 0 aliphatic rings. The van der Waals surface area contributed by atoms with Gasteiger partial charge in [0.2, 0.25) is 0 Å². The molecule has 0 bridgehead atoms. The van der Waals surface area contributed by atoms with Crippen molar-refractivity contribution in [1.82, 2.24) is 0 Å². The molecule has 0 aliphatic carbocycles. The number of aromatic hydroxyl groups is 1. The molecule has 0 amide bonds. The maximum Gasteiger partial charge on any atom is 0.122 e. The molecule has 1 aromatic carbocycles. The highest BCUT2D eigenvalue weighted by Gasteiger charge is 2.21. The lowest BCUT2D eigenvalue weighted by Gasteiger charge is -2.24. The minimum absolute atomic E-state index is 0.00827. The van der Waals surface area contributed by atoms with Gasteiger partial charge in [0.05, 0.1) is 0 Å². The van der Waals surface area contributed by atoms with Gasteiger partial charge in [-0.1, -0.05) is 59.6 Å². The van der Waals surface area contributed by atoms with Crippen LogP contribution in [0.15, 0.2) is 12.1 Å². The summed E-state index contributed by atoms with van der Waals surface area (Å²) in [6.45, 7) is 10.9. The third-order valence-electron chi connectivity index (χ3n) is 3.77. The zero-order valence-electron chi connectivity index (χ0n) is 13.3. The van der Waals surface area contributed by atoms with Crippen LogP contribution in [0.4, 0.5) is 0 Å². The van der Waals surface area contributed by atoms with Crippen LogP contribution in [0.1, 0.15) is 77.0 Å². The first-order chi connectivity index (χ1) is 8.91. The van der Waals surface area contributed by atoms with Crippen molar-refractivity contribution in [1.29, 1.82) is 0 Å². The third kappa shape index (κ3) is 4.26. The summed E-state index contributed by atoms with van der Waals surface area (Å²) in [6, 6.07) is 4.36. The van der Waals surface area contributed by atoms with E-state index in [0.717, 1.165) is 24.8 Å². The van der Waals surface area contributed by atoms with Crippen molar-refractivity contribution < 1.29 is 5.11 Å². The van der Waals surface area contributed by atoms with Crippen molar-refractivity contribution in [2.75, 3.05) is 0 Å². The van der Waals surface area contributed by atoms with Crippen molar-refractivity contribution >= 4 is 0 Å². The number of unbranched alkanes of at least 4 members (excludes halogenated alkanes) is 2. The SMILES string of the molecule is CCCCc1ccc(C(C)(C)C)c(O)c1CCCC. The minimum atomic E-state index is 0.00827. The molecule has 0 fully saturated rings. The topological polar surface area (TPSA) is 20.2 Å². The molecule has 1 aromatic rings. The Morgan fingerprint density at radius 2 is 1.53 bits per heavy atom. The molecule has 1 nitrogen and oxygen atoms in total. The molecular formula is C18H30O. The third-order valence-corrected chi connectivity index (χ3v) is 3.77. The van der Waals surface area contributed by atoms with Crippen LogP contribution in [0.2, 0.25) is 0 Å². The lowest BCUT2D eigenvalue weighted by Crippen LogP contribution is -2.13. The highest BCUT2D eigenvalue weighted by molar-refractivity contribution is 5.48. The van der Waals surface area contributed by atoms with Crippen molar-refractivity contribution in [3.8, 4) is 5.75 Å². The second-order valence-electron chi connectivity index (χ2n) is 6.56. The molecule has 0 aromatic heterocycles. The van der Waals surface area contributed by atoms with Crippen LogP contribution in [-0.2, 0) is 18.3 Å². The van der Waals surface area contributed by atoms with Crippen LogP contribution in [0.5, 0.6) is 5.75 Å². The fourth-order valence-electron chi connectivity index (χ4n) is 2.52. The smallest absolute Gasteiger partial charge is 0.122 e. The number of phenols is 1. The average Bonchev–Trinajstić information content (AvgIpc) is 2.33. The molecular weight excluding hydrogens is 232 g/mol. The molecule has 1 rings (SSSR count). The van der Waals surface area contributed by atoms with Crippen molar-refractivity contribution in [2.24, 2.45) is 0 Å². The zero-order chi connectivity index (χ0) is 14.5. The molecule has 19 heavy (non-hydrogen) atoms. The fraction of sp³-hybridized carbons (Fsp3) is 0.667. The fourth-order valence-corrected chi connectivity index (χ4v) is 2.52. The maximum absolute atomic E-state index is 10.6. The van der Waals surface area contributed by atoms with Crippen molar-refractivity contribution in [3.05, 3.63) is 28.8 Å². The molecule has 108 valence electrons. The summed E-state index contributed by atoms with van der Waals surface area (Å²) in [5, 5.41) is 10.6. The van der Waals surface area contributed by atoms with Gasteiger partial charge in [-0.2, -0.15) is 0 Å². The van der Waals surface area contributed by atoms with Crippen LogP contribution in [0.3, 0.4) is 0 Å². The number of rotatable bonds is 6. The number of benzene rings is 1. The Labute approximate surface area is 119 Å². The highest BCUT2D eigenvalue weighted by atomic mass is 16.3. The maximum atomic E-state index is 10.6. The van der Waals surface area contributed by atoms with Gasteiger partial charge in [-0.25, -0.2) is 0 Å². The first-order valence-electron chi connectivity index (χ1n) is 7.76. The summed E-state index contributed by atoms with van der Waals surface area (Å²) in [5.41, 5.74) is 3.64. The van der Waals surface area contributed by atoms with Gasteiger partial charge in [0.15, 0.2) is 0 Å². The van der Waals surface area contributed by atoms with Gasteiger partial charge in [-0.15, -0.1) is 0 Å². The minimum Gasteiger partial charge on any atom is -0.507 e. The van der Waals surface area contributed by atoms with Crippen LogP contribution in [0, 0.1) is 0 Å². The van der Waals surface area contributed by atoms with E-state index in [1.807, 2.05) is 0 Å². The number of aryl methyl sites for hydroxylation is 1. The molecule has 0 radical (unpaired) electrons. The molecule has 0 atom stereocenters. The Morgan fingerprint density at radius 1 is 0.947 bits per heavy atom. The van der Waals surface area contributed by atoms with E-state index >= 15 is 0 Å². The number of hydrogen-bond acceptors (Lipinski definition) is 1. The first kappa shape index (κ1) is 16.1. The monoisotopic (exact) mass is 262 g/mol. The summed E-state index contributed by atoms with van der Waals surface area (Å²) in [4.78, 5) is 0. The van der Waals surface area contributed by atoms with Crippen molar-refractivity contribution in [2.45, 2.75) is 78.6 Å². The van der Waals surface area contributed by atoms with Crippen molar-refractivity contribution in [3.63, 3.8) is 0 Å². The second-order valence-corrected chi connectivity index (χ2v) is 6.56. The van der Waals surface area contributed by atoms with E-state index < -0.39 is 0 Å². The van der Waals surface area contributed by atoms with E-state index in [2.05, 4.69) is 46.8 Å². The number of hydrogen-bond donors (Lipinski definition) is 1. The Balaban J connectivity index is 3.15. The van der Waals surface area contributed by atoms with E-state index in [0.29, 0.717) is 5.75 Å². The molecule has 1 heteroatoms. The van der Waals surface area contributed by atoms with E-state index in [4.69, 9.17) is 0 Å². The normalized spacial score (nSPS) is 11.8. The van der Waals surface area contributed by atoms with Gasteiger partial charge in [0.25, 0.3) is 0 Å². The van der Waals surface area contributed by atoms with E-state index in [1.165, 1.54) is 30.4 Å². The molecule has 0 saturated heterocycles. The first-order valence-corrected chi connectivity index (χ1v) is 7.76. The summed E-state index contributed by atoms with van der Waals surface area (Å²) in [6.07, 6.45) is 6.83. The van der Waals surface area contributed by atoms with Gasteiger partial charge in [-0.05, 0) is 47.8 Å². The molecule has 0 saturated carbocycles. The summed E-state index contributed by atoms with van der Waals surface area (Å²) < 4.78 is 0. The van der Waals surface area contributed by atoms with E-state index in [1.54, 1.807) is 0 Å². The summed E-state index contributed by atoms with van der Waals surface area (Å²) in [7, 11) is 0. The van der Waals surface area contributed by atoms with Crippen LogP contribution >= 0.6 is 0 Å². The molecule has 0 aliphatic heterocycles. The van der Waals surface area contributed by atoms with Crippen LogP contribution in [0.25, 0.3) is 0 Å². The van der Waals surface area contributed by atoms with Gasteiger partial charge >= 0.3 is 0 Å². The summed E-state index contributed by atoms with van der Waals surface area (Å²) in [5.74, 6) is 0.551. The highest BCUT2D eigenvalue weighted by Crippen LogP contribution is 2.36. The molecule has 0 spiro atoms. The van der Waals surface area contributed by atoms with E-state index in [9.17, 15) is 5.11 Å². The predicted molar refractivity (Wildman–Crippen MR) is 84.0 cm³/mol. The van der Waals surface area contributed by atoms with Crippen LogP contribution in [-0.4, -0.2) is 5.11 Å². The largest absolute Gasteiger partial charge is 0.507 e. The Morgan fingerprint density at radius 3 is 2.05 bits per heavy atom. The standard InChI is InChI=1S/C18H30O/c1-6-8-10-14-12-13-16(18(3,4)5)17(19)15(14)11-9-7-2/h12-13,19H,6-11H2,1-5H3. The predicted octanol–water partition coefficient (Wildman–Crippen LogP) is 5.37. The molecule has 1 N–H and O–H groups in total. The Hall–Kier alpha value is -0.980. The van der Waals surface area contributed by atoms with Gasteiger partial charge in [-0.3, -0.25) is 0 Å².